The minimum atomic E-state index is -0.960. The van der Waals surface area contributed by atoms with E-state index in [9.17, 15) is 9.59 Å². The van der Waals surface area contributed by atoms with E-state index in [0.29, 0.717) is 16.7 Å². The number of Topliss-reactive ketones (excluding diaryl/α,β-unsaturated/α-hetero) is 1. The van der Waals surface area contributed by atoms with Gasteiger partial charge in [-0.1, -0.05) is 0 Å². The van der Waals surface area contributed by atoms with Crippen molar-refractivity contribution in [1.82, 2.24) is 4.57 Å². The zero-order chi connectivity index (χ0) is 13.3. The van der Waals surface area contributed by atoms with Crippen LogP contribution in [0.3, 0.4) is 0 Å². The fourth-order valence-electron chi connectivity index (χ4n) is 1.73. The molecule has 18 heavy (non-hydrogen) atoms. The summed E-state index contributed by atoms with van der Waals surface area (Å²) in [4.78, 5) is 23.3. The maximum atomic E-state index is 12.0. The Balaban J connectivity index is 2.47. The molecule has 0 spiro atoms. The zero-order valence-electron chi connectivity index (χ0n) is 10.3. The largest absolute Gasteiger partial charge is 0.419 e. The third-order valence-corrected chi connectivity index (χ3v) is 2.72. The summed E-state index contributed by atoms with van der Waals surface area (Å²) in [5.41, 5.74) is 1.35. The van der Waals surface area contributed by atoms with Crippen LogP contribution in [0, 0.1) is 0 Å². The Morgan fingerprint density at radius 3 is 2.61 bits per heavy atom. The van der Waals surface area contributed by atoms with Crippen molar-refractivity contribution < 1.29 is 18.7 Å². The highest BCUT2D eigenvalue weighted by molar-refractivity contribution is 6.00. The van der Waals surface area contributed by atoms with Crippen molar-refractivity contribution in [3.8, 4) is 0 Å². The Kier molecular flexibility index (Phi) is 3.31. The maximum Gasteiger partial charge on any atom is 0.419 e. The molecular formula is C12H13NO5. The van der Waals surface area contributed by atoms with Crippen LogP contribution >= 0.6 is 0 Å². The number of hydrogen-bond donors (Lipinski definition) is 0. The van der Waals surface area contributed by atoms with Crippen LogP contribution in [0.25, 0.3) is 11.1 Å². The SMILES string of the molecule is COC(OC)C(=O)c1ccc2c(c1)oc(=O)n2C. The number of nitrogens with zero attached hydrogens (tertiary/aromatic N) is 1. The van der Waals surface area contributed by atoms with Gasteiger partial charge in [-0.15, -0.1) is 0 Å². The van der Waals surface area contributed by atoms with Crippen LogP contribution in [0.15, 0.2) is 27.4 Å². The number of ketones is 1. The van der Waals surface area contributed by atoms with Crippen molar-refractivity contribution in [2.24, 2.45) is 7.05 Å². The molecule has 2 rings (SSSR count). The van der Waals surface area contributed by atoms with E-state index < -0.39 is 12.0 Å². The van der Waals surface area contributed by atoms with E-state index >= 15 is 0 Å². The quantitative estimate of drug-likeness (QED) is 0.597. The fourth-order valence-corrected chi connectivity index (χ4v) is 1.73. The second-order valence-corrected chi connectivity index (χ2v) is 3.78. The van der Waals surface area contributed by atoms with Gasteiger partial charge in [0, 0.05) is 26.8 Å². The number of aromatic nitrogens is 1. The van der Waals surface area contributed by atoms with Crippen LogP contribution in [0.4, 0.5) is 0 Å². The summed E-state index contributed by atoms with van der Waals surface area (Å²) in [7, 11) is 4.36. The predicted molar refractivity (Wildman–Crippen MR) is 63.6 cm³/mol. The van der Waals surface area contributed by atoms with Crippen molar-refractivity contribution in [3.63, 3.8) is 0 Å². The Morgan fingerprint density at radius 2 is 2.00 bits per heavy atom. The molecule has 0 amide bonds. The summed E-state index contributed by atoms with van der Waals surface area (Å²) in [5, 5.41) is 0. The number of benzene rings is 1. The Morgan fingerprint density at radius 1 is 1.33 bits per heavy atom. The maximum absolute atomic E-state index is 12.0. The first-order valence-electron chi connectivity index (χ1n) is 5.28. The van der Waals surface area contributed by atoms with Gasteiger partial charge in [0.1, 0.15) is 0 Å². The highest BCUT2D eigenvalue weighted by Gasteiger charge is 2.20. The molecule has 0 aliphatic rings. The molecule has 0 unspecified atom stereocenters. The van der Waals surface area contributed by atoms with Gasteiger partial charge in [-0.3, -0.25) is 9.36 Å². The summed E-state index contributed by atoms with van der Waals surface area (Å²) < 4.78 is 16.2. The third kappa shape index (κ3) is 1.96. The summed E-state index contributed by atoms with van der Waals surface area (Å²) in [5.74, 6) is -0.793. The third-order valence-electron chi connectivity index (χ3n) is 2.72. The summed E-state index contributed by atoms with van der Waals surface area (Å²) in [6.45, 7) is 0. The molecular weight excluding hydrogens is 238 g/mol. The first-order chi connectivity index (χ1) is 8.58. The molecule has 0 atom stereocenters. The number of methoxy groups -OCH3 is 2. The van der Waals surface area contributed by atoms with E-state index in [2.05, 4.69) is 0 Å². The lowest BCUT2D eigenvalue weighted by atomic mass is 10.1. The van der Waals surface area contributed by atoms with Gasteiger partial charge in [0.2, 0.25) is 12.1 Å². The normalized spacial score (nSPS) is 11.3. The van der Waals surface area contributed by atoms with Gasteiger partial charge in [0.15, 0.2) is 5.58 Å². The number of aryl methyl sites for hydroxylation is 1. The average molecular weight is 251 g/mol. The van der Waals surface area contributed by atoms with E-state index in [4.69, 9.17) is 13.9 Å². The van der Waals surface area contributed by atoms with E-state index in [1.807, 2.05) is 0 Å². The molecule has 0 aliphatic heterocycles. The Bertz CT molecular complexity index is 635. The molecule has 1 aromatic carbocycles. The van der Waals surface area contributed by atoms with E-state index in [1.54, 1.807) is 19.2 Å². The Hall–Kier alpha value is -1.92. The minimum absolute atomic E-state index is 0.326. The fraction of sp³-hybridized carbons (Fsp3) is 0.333. The van der Waals surface area contributed by atoms with Crippen molar-refractivity contribution in [2.75, 3.05) is 14.2 Å². The van der Waals surface area contributed by atoms with Crippen LogP contribution in [-0.2, 0) is 16.5 Å². The minimum Gasteiger partial charge on any atom is -0.408 e. The van der Waals surface area contributed by atoms with Crippen molar-refractivity contribution >= 4 is 16.9 Å². The summed E-state index contributed by atoms with van der Waals surface area (Å²) >= 11 is 0. The topological polar surface area (TPSA) is 70.7 Å². The van der Waals surface area contributed by atoms with Gasteiger partial charge < -0.3 is 13.9 Å². The second-order valence-electron chi connectivity index (χ2n) is 3.78. The van der Waals surface area contributed by atoms with E-state index in [0.717, 1.165) is 0 Å². The van der Waals surface area contributed by atoms with Gasteiger partial charge in [-0.2, -0.15) is 0 Å². The molecule has 96 valence electrons. The number of oxazole rings is 1. The molecule has 0 N–H and O–H groups in total. The Labute approximate surface area is 103 Å². The van der Waals surface area contributed by atoms with Gasteiger partial charge >= 0.3 is 5.76 Å². The van der Waals surface area contributed by atoms with Crippen molar-refractivity contribution in [2.45, 2.75) is 6.29 Å². The molecule has 1 aromatic heterocycles. The first kappa shape index (κ1) is 12.5. The standard InChI is InChI=1S/C12H13NO5/c1-13-8-5-4-7(6-9(8)18-12(13)15)10(14)11(16-2)17-3/h4-6,11H,1-3H3. The molecule has 0 saturated heterocycles. The number of fused-ring (bicyclic) bond motifs is 1. The number of carbonyl (C=O) groups excluding carboxylic acids is 1. The zero-order valence-corrected chi connectivity index (χ0v) is 10.3. The van der Waals surface area contributed by atoms with Gasteiger partial charge in [-0.05, 0) is 18.2 Å². The van der Waals surface area contributed by atoms with E-state index in [-0.39, 0.29) is 5.78 Å². The van der Waals surface area contributed by atoms with Crippen LogP contribution in [0.5, 0.6) is 0 Å². The molecule has 2 aromatic rings. The lowest BCUT2D eigenvalue weighted by Crippen LogP contribution is -2.24. The smallest absolute Gasteiger partial charge is 0.408 e. The van der Waals surface area contributed by atoms with Gasteiger partial charge in [-0.25, -0.2) is 4.79 Å². The van der Waals surface area contributed by atoms with Crippen molar-refractivity contribution in [1.29, 1.82) is 0 Å². The van der Waals surface area contributed by atoms with Gasteiger partial charge in [0.25, 0.3) is 0 Å². The predicted octanol–water partition coefficient (Wildman–Crippen LogP) is 0.933. The molecule has 0 bridgehead atoms. The monoisotopic (exact) mass is 251 g/mol. The molecule has 0 aliphatic carbocycles. The van der Waals surface area contributed by atoms with Crippen molar-refractivity contribution in [3.05, 3.63) is 34.3 Å². The highest BCUT2D eigenvalue weighted by atomic mass is 16.7. The first-order valence-corrected chi connectivity index (χ1v) is 5.28. The lowest BCUT2D eigenvalue weighted by molar-refractivity contribution is -0.0742. The van der Waals surface area contributed by atoms with Crippen LogP contribution in [0.1, 0.15) is 10.4 Å². The van der Waals surface area contributed by atoms with Crippen LogP contribution in [0.2, 0.25) is 0 Å². The lowest BCUT2D eigenvalue weighted by Gasteiger charge is -2.11. The van der Waals surface area contributed by atoms with Crippen LogP contribution < -0.4 is 5.76 Å². The average Bonchev–Trinajstić information content (AvgIpc) is 2.66. The summed E-state index contributed by atoms with van der Waals surface area (Å²) in [6, 6.07) is 4.75. The van der Waals surface area contributed by atoms with Gasteiger partial charge in [0.05, 0.1) is 5.52 Å². The molecule has 6 nitrogen and oxygen atoms in total. The molecule has 1 heterocycles. The molecule has 0 radical (unpaired) electrons. The summed E-state index contributed by atoms with van der Waals surface area (Å²) in [6.07, 6.45) is -0.960. The number of carbonyl (C=O) groups is 1. The number of rotatable bonds is 4. The molecule has 0 saturated carbocycles. The van der Waals surface area contributed by atoms with Crippen LogP contribution in [-0.4, -0.2) is 30.9 Å². The molecule has 0 fully saturated rings. The number of hydrogen-bond acceptors (Lipinski definition) is 5. The number of ether oxygens (including phenoxy) is 2. The second kappa shape index (κ2) is 4.75. The van der Waals surface area contributed by atoms with E-state index in [1.165, 1.54) is 24.9 Å². The highest BCUT2D eigenvalue weighted by Crippen LogP contribution is 2.16. The molecule has 6 heteroatoms.